The average Bonchev–Trinajstić information content (AvgIpc) is 2.67. The Morgan fingerprint density at radius 1 is 1.21 bits per heavy atom. The normalized spacial score (nSPS) is 19.1. The number of likely N-dealkylation sites (tertiary alicyclic amines) is 1. The van der Waals surface area contributed by atoms with Gasteiger partial charge in [0.1, 0.15) is 0 Å². The molecule has 0 spiro atoms. The first-order valence-electron chi connectivity index (χ1n) is 7.43. The summed E-state index contributed by atoms with van der Waals surface area (Å²) in [5.74, 6) is 0. The Bertz CT molecular complexity index is 398. The van der Waals surface area contributed by atoms with E-state index in [-0.39, 0.29) is 0 Å². The highest BCUT2D eigenvalue weighted by molar-refractivity contribution is 5.48. The maximum absolute atomic E-state index is 10.3. The van der Waals surface area contributed by atoms with Crippen molar-refractivity contribution in [3.05, 3.63) is 29.3 Å². The first-order valence-corrected chi connectivity index (χ1v) is 7.43. The van der Waals surface area contributed by atoms with Crippen LogP contribution in [0.25, 0.3) is 0 Å². The Kier molecular flexibility index (Phi) is 5.23. The molecule has 1 saturated heterocycles. The van der Waals surface area contributed by atoms with Crippen molar-refractivity contribution in [2.75, 3.05) is 25.4 Å². The van der Waals surface area contributed by atoms with Crippen molar-refractivity contribution >= 4 is 5.69 Å². The van der Waals surface area contributed by atoms with E-state index in [2.05, 4.69) is 4.90 Å². The van der Waals surface area contributed by atoms with Gasteiger partial charge < -0.3 is 15.7 Å². The number of hydrogen-bond acceptors (Lipinski definition) is 3. The smallest absolute Gasteiger partial charge is 0.0803 e. The van der Waals surface area contributed by atoms with Crippen LogP contribution in [0.5, 0.6) is 0 Å². The van der Waals surface area contributed by atoms with E-state index in [1.54, 1.807) is 0 Å². The second kappa shape index (κ2) is 6.92. The lowest BCUT2D eigenvalue weighted by molar-refractivity contribution is 0.143. The SMILES string of the molecule is Cc1ccc(C(O)CCN2CCCCCC2)cc1N. The van der Waals surface area contributed by atoms with Crippen LogP contribution in [0.2, 0.25) is 0 Å². The van der Waals surface area contributed by atoms with Crippen LogP contribution < -0.4 is 5.73 Å². The highest BCUT2D eigenvalue weighted by Gasteiger charge is 2.13. The van der Waals surface area contributed by atoms with Crippen LogP contribution in [0, 0.1) is 6.92 Å². The van der Waals surface area contributed by atoms with Crippen molar-refractivity contribution < 1.29 is 5.11 Å². The lowest BCUT2D eigenvalue weighted by Gasteiger charge is -2.21. The number of nitrogens with two attached hydrogens (primary N) is 1. The molecule has 1 fully saturated rings. The van der Waals surface area contributed by atoms with E-state index < -0.39 is 6.10 Å². The van der Waals surface area contributed by atoms with Crippen molar-refractivity contribution in [1.82, 2.24) is 4.90 Å². The molecule has 2 rings (SSSR count). The second-order valence-corrected chi connectivity index (χ2v) is 5.68. The first-order chi connectivity index (χ1) is 9.16. The van der Waals surface area contributed by atoms with Gasteiger partial charge in [0.25, 0.3) is 0 Å². The lowest BCUT2D eigenvalue weighted by Crippen LogP contribution is -2.26. The number of nitrogen functional groups attached to an aromatic ring is 1. The van der Waals surface area contributed by atoms with Gasteiger partial charge >= 0.3 is 0 Å². The van der Waals surface area contributed by atoms with Gasteiger partial charge in [0.15, 0.2) is 0 Å². The molecule has 106 valence electrons. The third kappa shape index (κ3) is 4.22. The van der Waals surface area contributed by atoms with E-state index in [1.165, 1.54) is 38.8 Å². The Morgan fingerprint density at radius 2 is 1.89 bits per heavy atom. The highest BCUT2D eigenvalue weighted by atomic mass is 16.3. The van der Waals surface area contributed by atoms with Crippen LogP contribution in [0.1, 0.15) is 49.3 Å². The maximum Gasteiger partial charge on any atom is 0.0803 e. The molecule has 1 aromatic carbocycles. The van der Waals surface area contributed by atoms with Gasteiger partial charge in [-0.1, -0.05) is 25.0 Å². The number of aliphatic hydroxyl groups is 1. The predicted molar refractivity (Wildman–Crippen MR) is 80.1 cm³/mol. The largest absolute Gasteiger partial charge is 0.399 e. The van der Waals surface area contributed by atoms with Crippen molar-refractivity contribution in [2.45, 2.75) is 45.1 Å². The molecule has 1 heterocycles. The highest BCUT2D eigenvalue weighted by Crippen LogP contribution is 2.22. The summed E-state index contributed by atoms with van der Waals surface area (Å²) in [6, 6.07) is 5.88. The zero-order valence-corrected chi connectivity index (χ0v) is 11.9. The molecule has 3 nitrogen and oxygen atoms in total. The summed E-state index contributed by atoms with van der Waals surface area (Å²) >= 11 is 0. The molecule has 1 aliphatic heterocycles. The van der Waals surface area contributed by atoms with Crippen LogP contribution in [-0.4, -0.2) is 29.6 Å². The zero-order valence-electron chi connectivity index (χ0n) is 11.9. The van der Waals surface area contributed by atoms with Crippen molar-refractivity contribution in [3.63, 3.8) is 0 Å². The van der Waals surface area contributed by atoms with Crippen LogP contribution in [0.15, 0.2) is 18.2 Å². The predicted octanol–water partition coefficient (Wildman–Crippen LogP) is 2.88. The van der Waals surface area contributed by atoms with E-state index in [0.717, 1.165) is 29.8 Å². The summed E-state index contributed by atoms with van der Waals surface area (Å²) < 4.78 is 0. The molecule has 1 atom stereocenters. The zero-order chi connectivity index (χ0) is 13.7. The summed E-state index contributed by atoms with van der Waals surface area (Å²) in [6.45, 7) is 5.34. The number of nitrogens with zero attached hydrogens (tertiary/aromatic N) is 1. The minimum absolute atomic E-state index is 0.397. The van der Waals surface area contributed by atoms with E-state index in [4.69, 9.17) is 5.73 Å². The summed E-state index contributed by atoms with van der Waals surface area (Å²) in [6.07, 6.45) is 5.70. The minimum atomic E-state index is -0.397. The Morgan fingerprint density at radius 3 is 2.53 bits per heavy atom. The first kappa shape index (κ1) is 14.4. The van der Waals surface area contributed by atoms with Gasteiger partial charge in [-0.15, -0.1) is 0 Å². The van der Waals surface area contributed by atoms with Gasteiger partial charge in [0, 0.05) is 12.2 Å². The van der Waals surface area contributed by atoms with E-state index >= 15 is 0 Å². The minimum Gasteiger partial charge on any atom is -0.399 e. The van der Waals surface area contributed by atoms with Gasteiger partial charge in [0.05, 0.1) is 6.10 Å². The number of benzene rings is 1. The molecular formula is C16H26N2O. The van der Waals surface area contributed by atoms with Gasteiger partial charge in [-0.2, -0.15) is 0 Å². The molecule has 3 N–H and O–H groups in total. The molecule has 3 heteroatoms. The average molecular weight is 262 g/mol. The topological polar surface area (TPSA) is 49.5 Å². The fourth-order valence-electron chi connectivity index (χ4n) is 2.70. The molecule has 0 radical (unpaired) electrons. The van der Waals surface area contributed by atoms with Crippen molar-refractivity contribution in [2.24, 2.45) is 0 Å². The van der Waals surface area contributed by atoms with Crippen molar-refractivity contribution in [3.8, 4) is 0 Å². The summed E-state index contributed by atoms with van der Waals surface area (Å²) in [7, 11) is 0. The van der Waals surface area contributed by atoms with Crippen LogP contribution in [0.4, 0.5) is 5.69 Å². The molecule has 0 saturated carbocycles. The molecule has 19 heavy (non-hydrogen) atoms. The van der Waals surface area contributed by atoms with E-state index in [9.17, 15) is 5.11 Å². The molecule has 1 aliphatic rings. The van der Waals surface area contributed by atoms with Crippen LogP contribution in [-0.2, 0) is 0 Å². The molecule has 0 amide bonds. The summed E-state index contributed by atoms with van der Waals surface area (Å²) in [4.78, 5) is 2.48. The third-order valence-corrected chi connectivity index (χ3v) is 4.11. The number of rotatable bonds is 4. The second-order valence-electron chi connectivity index (χ2n) is 5.68. The van der Waals surface area contributed by atoms with Gasteiger partial charge in [-0.05, 0) is 56.5 Å². The molecule has 1 aromatic rings. The van der Waals surface area contributed by atoms with Crippen molar-refractivity contribution in [1.29, 1.82) is 0 Å². The monoisotopic (exact) mass is 262 g/mol. The Hall–Kier alpha value is -1.06. The lowest BCUT2D eigenvalue weighted by atomic mass is 10.0. The standard InChI is InChI=1S/C16H26N2O/c1-13-6-7-14(12-15(13)17)16(19)8-11-18-9-4-2-3-5-10-18/h6-7,12,16,19H,2-5,8-11,17H2,1H3. The Labute approximate surface area is 116 Å². The van der Waals surface area contributed by atoms with Gasteiger partial charge in [-0.3, -0.25) is 0 Å². The van der Waals surface area contributed by atoms with E-state index in [0.29, 0.717) is 0 Å². The third-order valence-electron chi connectivity index (χ3n) is 4.11. The molecule has 1 unspecified atom stereocenters. The Balaban J connectivity index is 1.85. The summed E-state index contributed by atoms with van der Waals surface area (Å²) in [5.41, 5.74) is 8.68. The fourth-order valence-corrected chi connectivity index (χ4v) is 2.70. The number of aliphatic hydroxyl groups excluding tert-OH is 1. The molecule has 0 aliphatic carbocycles. The molecule has 0 bridgehead atoms. The fraction of sp³-hybridized carbons (Fsp3) is 0.625. The molecule has 0 aromatic heterocycles. The maximum atomic E-state index is 10.3. The van der Waals surface area contributed by atoms with Crippen LogP contribution >= 0.6 is 0 Å². The van der Waals surface area contributed by atoms with Crippen LogP contribution in [0.3, 0.4) is 0 Å². The quantitative estimate of drug-likeness (QED) is 0.820. The van der Waals surface area contributed by atoms with Gasteiger partial charge in [0.2, 0.25) is 0 Å². The molecular weight excluding hydrogens is 236 g/mol. The number of hydrogen-bond donors (Lipinski definition) is 2. The van der Waals surface area contributed by atoms with E-state index in [1.807, 2.05) is 25.1 Å². The van der Waals surface area contributed by atoms with Gasteiger partial charge in [-0.25, -0.2) is 0 Å². The number of anilines is 1. The number of aryl methyl sites for hydroxylation is 1. The summed E-state index contributed by atoms with van der Waals surface area (Å²) in [5, 5.41) is 10.3.